The highest BCUT2D eigenvalue weighted by atomic mass is 16.3. The zero-order valence-electron chi connectivity index (χ0n) is 13.0. The first kappa shape index (κ1) is 16.1. The molecule has 21 heavy (non-hydrogen) atoms. The quantitative estimate of drug-likeness (QED) is 0.830. The number of hydrogen-bond donors (Lipinski definition) is 2. The van der Waals surface area contributed by atoms with Crippen LogP contribution in [0.5, 0.6) is 0 Å². The summed E-state index contributed by atoms with van der Waals surface area (Å²) in [4.78, 5) is 0. The normalized spacial score (nSPS) is 18.6. The minimum Gasteiger partial charge on any atom is -0.388 e. The topological polar surface area (TPSA) is 46.2 Å². The highest BCUT2D eigenvalue weighted by Crippen LogP contribution is 2.29. The van der Waals surface area contributed by atoms with Crippen LogP contribution < -0.4 is 5.73 Å². The van der Waals surface area contributed by atoms with Crippen molar-refractivity contribution in [1.29, 1.82) is 0 Å². The lowest BCUT2D eigenvalue weighted by Gasteiger charge is -2.24. The van der Waals surface area contributed by atoms with Crippen molar-refractivity contribution in [3.63, 3.8) is 0 Å². The molecular formula is C19H27NO. The molecule has 2 atom stereocenters. The maximum absolute atomic E-state index is 9.88. The fraction of sp³-hybridized carbons (Fsp3) is 0.579. The van der Waals surface area contributed by atoms with E-state index in [1.807, 2.05) is 24.3 Å². The fourth-order valence-corrected chi connectivity index (χ4v) is 3.06. The molecule has 3 N–H and O–H groups in total. The van der Waals surface area contributed by atoms with Crippen LogP contribution >= 0.6 is 0 Å². The van der Waals surface area contributed by atoms with Gasteiger partial charge in [0.1, 0.15) is 0 Å². The Morgan fingerprint density at radius 2 is 1.86 bits per heavy atom. The van der Waals surface area contributed by atoms with Crippen molar-refractivity contribution in [2.24, 2.45) is 17.6 Å². The van der Waals surface area contributed by atoms with Crippen molar-refractivity contribution in [3.8, 4) is 11.8 Å². The number of benzene rings is 1. The van der Waals surface area contributed by atoms with E-state index in [1.54, 1.807) is 0 Å². The van der Waals surface area contributed by atoms with Crippen molar-refractivity contribution < 1.29 is 5.11 Å². The van der Waals surface area contributed by atoms with Gasteiger partial charge in [0.15, 0.2) is 0 Å². The van der Waals surface area contributed by atoms with Gasteiger partial charge in [-0.15, -0.1) is 0 Å². The molecule has 0 aromatic heterocycles. The second-order valence-electron chi connectivity index (χ2n) is 6.17. The van der Waals surface area contributed by atoms with Crippen LogP contribution in [0.2, 0.25) is 0 Å². The average molecular weight is 285 g/mol. The van der Waals surface area contributed by atoms with Gasteiger partial charge in [0, 0.05) is 11.5 Å². The summed E-state index contributed by atoms with van der Waals surface area (Å²) < 4.78 is 0. The highest BCUT2D eigenvalue weighted by Gasteiger charge is 2.18. The molecule has 0 bridgehead atoms. The molecule has 1 aromatic carbocycles. The van der Waals surface area contributed by atoms with Crippen LogP contribution in [0.25, 0.3) is 0 Å². The Labute approximate surface area is 128 Å². The summed E-state index contributed by atoms with van der Waals surface area (Å²) in [5.41, 5.74) is 7.42. The lowest BCUT2D eigenvalue weighted by atomic mass is 9.81. The van der Waals surface area contributed by atoms with Gasteiger partial charge < -0.3 is 10.8 Å². The van der Waals surface area contributed by atoms with Gasteiger partial charge in [-0.25, -0.2) is 0 Å². The van der Waals surface area contributed by atoms with Gasteiger partial charge in [-0.2, -0.15) is 0 Å². The van der Waals surface area contributed by atoms with Crippen LogP contribution in [0.4, 0.5) is 0 Å². The van der Waals surface area contributed by atoms with E-state index < -0.39 is 6.10 Å². The van der Waals surface area contributed by atoms with E-state index in [0.717, 1.165) is 17.0 Å². The molecule has 0 amide bonds. The second kappa shape index (κ2) is 8.22. The SMILES string of the molecule is CC(C#Cc1ccc([C@H](O)CCN)cc1)C1CCCCC1. The monoisotopic (exact) mass is 285 g/mol. The van der Waals surface area contributed by atoms with Crippen molar-refractivity contribution in [3.05, 3.63) is 35.4 Å². The molecule has 1 aliphatic carbocycles. The molecule has 1 aliphatic rings. The highest BCUT2D eigenvalue weighted by molar-refractivity contribution is 5.37. The fourth-order valence-electron chi connectivity index (χ4n) is 3.06. The van der Waals surface area contributed by atoms with E-state index in [2.05, 4.69) is 18.8 Å². The van der Waals surface area contributed by atoms with Crippen molar-refractivity contribution in [2.45, 2.75) is 51.6 Å². The molecule has 0 aliphatic heterocycles. The standard InChI is InChI=1S/C19H27NO/c1-15(17-5-3-2-4-6-17)7-8-16-9-11-18(12-10-16)19(21)13-14-20/h9-12,15,17,19,21H,2-6,13-14,20H2,1H3/t15?,19-/m1/s1. The summed E-state index contributed by atoms with van der Waals surface area (Å²) in [7, 11) is 0. The first-order valence-corrected chi connectivity index (χ1v) is 8.20. The molecule has 1 saturated carbocycles. The predicted molar refractivity (Wildman–Crippen MR) is 87.7 cm³/mol. The molecule has 0 spiro atoms. The molecule has 2 nitrogen and oxygen atoms in total. The van der Waals surface area contributed by atoms with Crippen LogP contribution in [0.15, 0.2) is 24.3 Å². The smallest absolute Gasteiger partial charge is 0.0802 e. The average Bonchev–Trinajstić information content (AvgIpc) is 2.54. The van der Waals surface area contributed by atoms with Gasteiger partial charge in [0.05, 0.1) is 6.10 Å². The third-order valence-electron chi connectivity index (χ3n) is 4.54. The van der Waals surface area contributed by atoms with Gasteiger partial charge in [-0.1, -0.05) is 50.2 Å². The number of aliphatic hydroxyl groups is 1. The molecule has 0 saturated heterocycles. The number of nitrogens with two attached hydrogens (primary N) is 1. The third-order valence-corrected chi connectivity index (χ3v) is 4.54. The van der Waals surface area contributed by atoms with Crippen LogP contribution in [0.1, 0.15) is 62.7 Å². The first-order valence-electron chi connectivity index (χ1n) is 8.20. The van der Waals surface area contributed by atoms with E-state index in [0.29, 0.717) is 18.9 Å². The Bertz CT molecular complexity index is 477. The van der Waals surface area contributed by atoms with Gasteiger partial charge in [-0.05, 0) is 49.4 Å². The molecule has 1 unspecified atom stereocenters. The van der Waals surface area contributed by atoms with Crippen LogP contribution in [0, 0.1) is 23.7 Å². The lowest BCUT2D eigenvalue weighted by Crippen LogP contribution is -2.13. The van der Waals surface area contributed by atoms with Crippen LogP contribution in [0.3, 0.4) is 0 Å². The largest absolute Gasteiger partial charge is 0.388 e. The summed E-state index contributed by atoms with van der Waals surface area (Å²) in [6, 6.07) is 7.90. The van der Waals surface area contributed by atoms with E-state index >= 15 is 0 Å². The molecular weight excluding hydrogens is 258 g/mol. The summed E-state index contributed by atoms with van der Waals surface area (Å²) >= 11 is 0. The Morgan fingerprint density at radius 3 is 2.48 bits per heavy atom. The Kier molecular flexibility index (Phi) is 6.29. The molecule has 1 aromatic rings. The lowest BCUT2D eigenvalue weighted by molar-refractivity contribution is 0.170. The Hall–Kier alpha value is -1.30. The van der Waals surface area contributed by atoms with Gasteiger partial charge >= 0.3 is 0 Å². The van der Waals surface area contributed by atoms with E-state index in [4.69, 9.17) is 5.73 Å². The van der Waals surface area contributed by atoms with Crippen molar-refractivity contribution >= 4 is 0 Å². The summed E-state index contributed by atoms with van der Waals surface area (Å²) in [6.07, 6.45) is 6.93. The predicted octanol–water partition coefficient (Wildman–Crippen LogP) is 3.64. The molecule has 2 rings (SSSR count). The number of rotatable bonds is 4. The van der Waals surface area contributed by atoms with E-state index in [-0.39, 0.29) is 0 Å². The molecule has 0 heterocycles. The molecule has 2 heteroatoms. The maximum atomic E-state index is 9.88. The maximum Gasteiger partial charge on any atom is 0.0802 e. The summed E-state index contributed by atoms with van der Waals surface area (Å²) in [5.74, 6) is 7.95. The zero-order chi connectivity index (χ0) is 15.1. The second-order valence-corrected chi connectivity index (χ2v) is 6.17. The van der Waals surface area contributed by atoms with Gasteiger partial charge in [0.25, 0.3) is 0 Å². The number of hydrogen-bond acceptors (Lipinski definition) is 2. The molecule has 114 valence electrons. The molecule has 0 radical (unpaired) electrons. The summed E-state index contributed by atoms with van der Waals surface area (Å²) in [6.45, 7) is 2.75. The van der Waals surface area contributed by atoms with Crippen molar-refractivity contribution in [2.75, 3.05) is 6.54 Å². The first-order chi connectivity index (χ1) is 10.2. The Balaban J connectivity index is 1.95. The van der Waals surface area contributed by atoms with E-state index in [9.17, 15) is 5.11 Å². The molecule has 1 fully saturated rings. The van der Waals surface area contributed by atoms with Crippen LogP contribution in [-0.2, 0) is 0 Å². The summed E-state index contributed by atoms with van der Waals surface area (Å²) in [5, 5.41) is 9.88. The zero-order valence-corrected chi connectivity index (χ0v) is 13.0. The minimum atomic E-state index is -0.460. The van der Waals surface area contributed by atoms with Gasteiger partial charge in [-0.3, -0.25) is 0 Å². The van der Waals surface area contributed by atoms with Crippen molar-refractivity contribution in [1.82, 2.24) is 0 Å². The third kappa shape index (κ3) is 4.88. The van der Waals surface area contributed by atoms with Crippen LogP contribution in [-0.4, -0.2) is 11.7 Å². The van der Waals surface area contributed by atoms with E-state index in [1.165, 1.54) is 32.1 Å². The number of aliphatic hydroxyl groups excluding tert-OH is 1. The Morgan fingerprint density at radius 1 is 1.19 bits per heavy atom. The van der Waals surface area contributed by atoms with Gasteiger partial charge in [0.2, 0.25) is 0 Å². The minimum absolute atomic E-state index is 0.460.